The molecule has 7 heteroatoms. The Morgan fingerprint density at radius 1 is 1.36 bits per heavy atom. The first kappa shape index (κ1) is 11.7. The van der Waals surface area contributed by atoms with E-state index in [0.717, 1.165) is 6.07 Å². The van der Waals surface area contributed by atoms with Gasteiger partial charge in [0.15, 0.2) is 5.75 Å². The zero-order valence-corrected chi connectivity index (χ0v) is 9.44. The van der Waals surface area contributed by atoms with Crippen LogP contribution >= 0.6 is 34.2 Å². The third kappa shape index (κ3) is 3.09. The number of alkyl halides is 3. The van der Waals surface area contributed by atoms with E-state index in [4.69, 9.17) is 17.3 Å². The number of hydrogen-bond donors (Lipinski definition) is 1. The monoisotopic (exact) mass is 337 g/mol. The van der Waals surface area contributed by atoms with Crippen LogP contribution in [0.15, 0.2) is 12.1 Å². The van der Waals surface area contributed by atoms with Gasteiger partial charge in [-0.3, -0.25) is 0 Å². The third-order valence-corrected chi connectivity index (χ3v) is 2.80. The van der Waals surface area contributed by atoms with Crippen molar-refractivity contribution in [1.29, 1.82) is 0 Å². The van der Waals surface area contributed by atoms with Crippen molar-refractivity contribution in [3.8, 4) is 5.75 Å². The summed E-state index contributed by atoms with van der Waals surface area (Å²) in [6.07, 6.45) is -4.75. The first-order valence-corrected chi connectivity index (χ1v) is 4.75. The maximum Gasteiger partial charge on any atom is 0.573 e. The molecule has 0 saturated carbocycles. The minimum Gasteiger partial charge on any atom is -0.404 e. The van der Waals surface area contributed by atoms with Crippen LogP contribution in [0.3, 0.4) is 0 Å². The first-order valence-electron chi connectivity index (χ1n) is 3.30. The topological polar surface area (TPSA) is 35.2 Å². The van der Waals surface area contributed by atoms with Gasteiger partial charge in [-0.05, 0) is 34.7 Å². The molecule has 0 aliphatic heterocycles. The van der Waals surface area contributed by atoms with Crippen molar-refractivity contribution in [1.82, 2.24) is 0 Å². The van der Waals surface area contributed by atoms with Gasteiger partial charge in [0.05, 0.1) is 10.7 Å². The lowest BCUT2D eigenvalue weighted by atomic mass is 10.3. The Morgan fingerprint density at radius 3 is 2.43 bits per heavy atom. The molecule has 14 heavy (non-hydrogen) atoms. The molecule has 1 aromatic rings. The summed E-state index contributed by atoms with van der Waals surface area (Å²) in [4.78, 5) is 0. The number of hydrogen-bond acceptors (Lipinski definition) is 2. The number of benzene rings is 1. The average molecular weight is 337 g/mol. The second-order valence-corrected chi connectivity index (χ2v) is 3.92. The second kappa shape index (κ2) is 4.01. The Bertz CT molecular complexity index is 356. The van der Waals surface area contributed by atoms with Crippen LogP contribution in [0.25, 0.3) is 0 Å². The summed E-state index contributed by atoms with van der Waals surface area (Å²) < 4.78 is 39.6. The van der Waals surface area contributed by atoms with E-state index >= 15 is 0 Å². The smallest absolute Gasteiger partial charge is 0.404 e. The van der Waals surface area contributed by atoms with Gasteiger partial charge < -0.3 is 10.5 Å². The van der Waals surface area contributed by atoms with Crippen molar-refractivity contribution in [3.05, 3.63) is 20.7 Å². The van der Waals surface area contributed by atoms with E-state index in [2.05, 4.69) is 4.74 Å². The molecule has 2 nitrogen and oxygen atoms in total. The summed E-state index contributed by atoms with van der Waals surface area (Å²) in [6.45, 7) is 0. The fourth-order valence-corrected chi connectivity index (χ4v) is 1.37. The summed E-state index contributed by atoms with van der Waals surface area (Å²) in [5.41, 5.74) is 5.14. The molecule has 0 aromatic heterocycles. The zero-order valence-electron chi connectivity index (χ0n) is 6.53. The number of rotatable bonds is 1. The van der Waals surface area contributed by atoms with Gasteiger partial charge in [0.25, 0.3) is 0 Å². The van der Waals surface area contributed by atoms with Gasteiger partial charge in [-0.15, -0.1) is 13.2 Å². The molecule has 1 rings (SSSR count). The van der Waals surface area contributed by atoms with E-state index in [1.807, 2.05) is 0 Å². The predicted octanol–water partition coefficient (Wildman–Crippen LogP) is 3.43. The quantitative estimate of drug-likeness (QED) is 0.629. The van der Waals surface area contributed by atoms with Crippen molar-refractivity contribution in [2.75, 3.05) is 5.73 Å². The molecule has 0 bridgehead atoms. The lowest BCUT2D eigenvalue weighted by molar-refractivity contribution is -0.274. The molecule has 0 saturated heterocycles. The second-order valence-electron chi connectivity index (χ2n) is 2.35. The largest absolute Gasteiger partial charge is 0.573 e. The van der Waals surface area contributed by atoms with Gasteiger partial charge in [-0.2, -0.15) is 0 Å². The van der Waals surface area contributed by atoms with Crippen LogP contribution in [0.2, 0.25) is 5.02 Å². The molecule has 0 radical (unpaired) electrons. The molecule has 0 fully saturated rings. The first-order chi connectivity index (χ1) is 6.29. The number of anilines is 1. The number of nitrogen functional groups attached to an aromatic ring is 1. The Morgan fingerprint density at radius 2 is 1.93 bits per heavy atom. The fraction of sp³-hybridized carbons (Fsp3) is 0.143. The minimum atomic E-state index is -4.75. The van der Waals surface area contributed by atoms with Crippen LogP contribution in [-0.4, -0.2) is 6.36 Å². The maximum atomic E-state index is 11.8. The number of halogens is 5. The van der Waals surface area contributed by atoms with Gasteiger partial charge in [0.2, 0.25) is 0 Å². The van der Waals surface area contributed by atoms with Gasteiger partial charge in [-0.1, -0.05) is 11.6 Å². The van der Waals surface area contributed by atoms with E-state index < -0.39 is 12.1 Å². The standard InChI is InChI=1S/C7H4ClF3INO/c8-3-1-5(13)6(2-4(3)12)14-7(9,10)11/h1-2H,13H2. The molecule has 2 N–H and O–H groups in total. The summed E-state index contributed by atoms with van der Waals surface area (Å²) in [7, 11) is 0. The molecular formula is C7H4ClF3INO. The Kier molecular flexibility index (Phi) is 3.36. The summed E-state index contributed by atoms with van der Waals surface area (Å²) in [5, 5.41) is 0.289. The molecule has 0 heterocycles. The predicted molar refractivity (Wildman–Crippen MR) is 55.3 cm³/mol. The van der Waals surface area contributed by atoms with Gasteiger partial charge in [-0.25, -0.2) is 0 Å². The molecule has 0 aliphatic rings. The molecule has 0 unspecified atom stereocenters. The molecule has 78 valence electrons. The molecule has 1 aromatic carbocycles. The van der Waals surface area contributed by atoms with Crippen LogP contribution in [0.5, 0.6) is 5.75 Å². The van der Waals surface area contributed by atoms with Crippen molar-refractivity contribution < 1.29 is 17.9 Å². The van der Waals surface area contributed by atoms with Crippen LogP contribution in [0.1, 0.15) is 0 Å². The van der Waals surface area contributed by atoms with Crippen LogP contribution in [0.4, 0.5) is 18.9 Å². The van der Waals surface area contributed by atoms with E-state index in [-0.39, 0.29) is 10.7 Å². The summed E-state index contributed by atoms with van der Waals surface area (Å²) >= 11 is 7.42. The highest BCUT2D eigenvalue weighted by molar-refractivity contribution is 14.1. The van der Waals surface area contributed by atoms with Crippen molar-refractivity contribution in [2.24, 2.45) is 0 Å². The maximum absolute atomic E-state index is 11.8. The fourth-order valence-electron chi connectivity index (χ4n) is 0.757. The van der Waals surface area contributed by atoms with Crippen LogP contribution < -0.4 is 10.5 Å². The highest BCUT2D eigenvalue weighted by Crippen LogP contribution is 2.33. The lowest BCUT2D eigenvalue weighted by Gasteiger charge is -2.11. The molecular weight excluding hydrogens is 333 g/mol. The minimum absolute atomic E-state index is 0.146. The highest BCUT2D eigenvalue weighted by Gasteiger charge is 2.32. The third-order valence-electron chi connectivity index (χ3n) is 1.28. The van der Waals surface area contributed by atoms with E-state index in [9.17, 15) is 13.2 Å². The SMILES string of the molecule is Nc1cc(Cl)c(I)cc1OC(F)(F)F. The van der Waals surface area contributed by atoms with Crippen molar-refractivity contribution in [2.45, 2.75) is 6.36 Å². The van der Waals surface area contributed by atoms with Crippen LogP contribution in [-0.2, 0) is 0 Å². The molecule has 0 spiro atoms. The lowest BCUT2D eigenvalue weighted by Crippen LogP contribution is -2.18. The van der Waals surface area contributed by atoms with Gasteiger partial charge in [0, 0.05) is 3.57 Å². The molecule has 0 atom stereocenters. The summed E-state index contributed by atoms with van der Waals surface area (Å²) in [5.74, 6) is -0.439. The van der Waals surface area contributed by atoms with Crippen molar-refractivity contribution in [3.63, 3.8) is 0 Å². The van der Waals surface area contributed by atoms with Gasteiger partial charge >= 0.3 is 6.36 Å². The number of nitrogens with two attached hydrogens (primary N) is 1. The highest BCUT2D eigenvalue weighted by atomic mass is 127. The normalized spacial score (nSPS) is 11.5. The zero-order chi connectivity index (χ0) is 10.9. The molecule has 0 aliphatic carbocycles. The van der Waals surface area contributed by atoms with Crippen LogP contribution in [0, 0.1) is 3.57 Å². The Balaban J connectivity index is 3.04. The Hall–Kier alpha value is -0.370. The average Bonchev–Trinajstić information content (AvgIpc) is 1.97. The Labute approximate surface area is 96.3 Å². The molecule has 0 amide bonds. The van der Waals surface area contributed by atoms with Crippen molar-refractivity contribution >= 4 is 39.9 Å². The van der Waals surface area contributed by atoms with E-state index in [0.29, 0.717) is 3.57 Å². The summed E-state index contributed by atoms with van der Waals surface area (Å²) in [6, 6.07) is 2.34. The van der Waals surface area contributed by atoms with E-state index in [1.165, 1.54) is 6.07 Å². The number of ether oxygens (including phenoxy) is 1. The van der Waals surface area contributed by atoms with Gasteiger partial charge in [0.1, 0.15) is 0 Å². The van der Waals surface area contributed by atoms with E-state index in [1.54, 1.807) is 22.6 Å².